The first kappa shape index (κ1) is 22.4. The number of hydrogen-bond acceptors (Lipinski definition) is 6. The Morgan fingerprint density at radius 1 is 1.03 bits per heavy atom. The molecule has 0 spiro atoms. The quantitative estimate of drug-likeness (QED) is 0.486. The number of fused-ring (bicyclic) bond motifs is 1. The van der Waals surface area contributed by atoms with Crippen molar-refractivity contribution < 1.29 is 14.3 Å². The minimum atomic E-state index is -0.340. The van der Waals surface area contributed by atoms with Crippen molar-refractivity contribution in [3.05, 3.63) is 35.9 Å². The van der Waals surface area contributed by atoms with E-state index in [0.29, 0.717) is 19.0 Å². The van der Waals surface area contributed by atoms with Crippen LogP contribution in [0.2, 0.25) is 0 Å². The molecule has 0 aromatic carbocycles. The first-order valence-corrected chi connectivity index (χ1v) is 11.6. The molecule has 0 N–H and O–H groups in total. The summed E-state index contributed by atoms with van der Waals surface area (Å²) in [5.74, 6) is 3.37. The third-order valence-corrected chi connectivity index (χ3v) is 6.54. The molecule has 3 heterocycles. The Labute approximate surface area is 190 Å². The first-order chi connectivity index (χ1) is 15.4. The zero-order valence-corrected chi connectivity index (χ0v) is 19.7. The second kappa shape index (κ2) is 9.38. The first-order valence-electron chi connectivity index (χ1n) is 11.6. The lowest BCUT2D eigenvalue weighted by Gasteiger charge is -2.37. The Morgan fingerprint density at radius 2 is 1.72 bits per heavy atom. The molecule has 174 valence electrons. The Kier molecular flexibility index (Phi) is 6.58. The van der Waals surface area contributed by atoms with Gasteiger partial charge in [0.15, 0.2) is 29.3 Å². The Hall–Kier alpha value is -2.77. The number of hydrogen-bond donors (Lipinski definition) is 0. The van der Waals surface area contributed by atoms with Crippen LogP contribution in [0.5, 0.6) is 0 Å². The molecular weight excluding hydrogens is 406 g/mol. The van der Waals surface area contributed by atoms with E-state index in [4.69, 9.17) is 9.47 Å². The second-order valence-corrected chi connectivity index (χ2v) is 9.23. The molecule has 0 aromatic rings. The van der Waals surface area contributed by atoms with E-state index in [1.165, 1.54) is 0 Å². The molecule has 4 rings (SSSR count). The van der Waals surface area contributed by atoms with Crippen LogP contribution in [0.25, 0.3) is 0 Å². The Balaban J connectivity index is 1.32. The van der Waals surface area contributed by atoms with Gasteiger partial charge in [0.25, 0.3) is 0 Å². The number of piperazine rings is 1. The van der Waals surface area contributed by atoms with Crippen molar-refractivity contribution in [3.8, 4) is 0 Å². The van der Waals surface area contributed by atoms with Crippen LogP contribution in [0, 0.1) is 5.41 Å². The lowest BCUT2D eigenvalue weighted by atomic mass is 9.92. The normalized spacial score (nSPS) is 26.6. The Bertz CT molecular complexity index is 878. The molecule has 1 amide bonds. The summed E-state index contributed by atoms with van der Waals surface area (Å²) in [6.07, 6.45) is 11.2. The van der Waals surface area contributed by atoms with Crippen molar-refractivity contribution in [2.45, 2.75) is 39.2 Å². The van der Waals surface area contributed by atoms with Crippen LogP contribution in [-0.2, 0) is 14.3 Å². The largest absolute Gasteiger partial charge is 0.486 e. The maximum absolute atomic E-state index is 12.8. The molecule has 3 saturated heterocycles. The second-order valence-electron chi connectivity index (χ2n) is 9.23. The van der Waals surface area contributed by atoms with E-state index in [1.54, 1.807) is 19.0 Å². The zero-order chi connectivity index (χ0) is 22.7. The molecule has 3 aliphatic heterocycles. The minimum Gasteiger partial charge on any atom is -0.486 e. The molecule has 0 bridgehead atoms. The molecule has 8 nitrogen and oxygen atoms in total. The third kappa shape index (κ3) is 4.54. The molecule has 1 atom stereocenters. The highest BCUT2D eigenvalue weighted by atomic mass is 16.6. The number of carbonyl (C=O) groups excluding carboxylic acids is 1. The van der Waals surface area contributed by atoms with Crippen molar-refractivity contribution in [2.24, 2.45) is 15.4 Å². The summed E-state index contributed by atoms with van der Waals surface area (Å²) >= 11 is 0. The van der Waals surface area contributed by atoms with Crippen LogP contribution in [0.1, 0.15) is 33.1 Å². The number of ether oxygens (including phenoxy) is 2. The van der Waals surface area contributed by atoms with Gasteiger partial charge in [0.2, 0.25) is 5.91 Å². The summed E-state index contributed by atoms with van der Waals surface area (Å²) in [6, 6.07) is 0. The molecule has 0 aromatic heterocycles. The van der Waals surface area contributed by atoms with Crippen molar-refractivity contribution >= 4 is 17.6 Å². The van der Waals surface area contributed by atoms with Crippen molar-refractivity contribution in [2.75, 3.05) is 53.4 Å². The fourth-order valence-electron chi connectivity index (χ4n) is 4.52. The standard InChI is InChI=1S/C24H35N5O3/c1-24(2)10-12-29(23(24)30)22(26-4)21(25-3)28-15-13-27(14-16-28)11-9-18-17-31-19-7-5-6-8-20(19)32-18/h7-9,11,18H,5-6,10,12-17H2,1-4H3/t18-/m0/s1. The van der Waals surface area contributed by atoms with Gasteiger partial charge >= 0.3 is 0 Å². The summed E-state index contributed by atoms with van der Waals surface area (Å²) in [5, 5.41) is 0. The molecule has 1 aliphatic carbocycles. The number of nitrogens with zero attached hydrogens (tertiary/aromatic N) is 5. The van der Waals surface area contributed by atoms with Gasteiger partial charge in [-0.3, -0.25) is 19.7 Å². The number of allylic oxidation sites excluding steroid dienone is 2. The number of amidine groups is 2. The van der Waals surface area contributed by atoms with Gasteiger partial charge in [0, 0.05) is 52.2 Å². The highest BCUT2D eigenvalue weighted by Crippen LogP contribution is 2.31. The lowest BCUT2D eigenvalue weighted by Crippen LogP contribution is -2.53. The van der Waals surface area contributed by atoms with E-state index < -0.39 is 0 Å². The maximum Gasteiger partial charge on any atom is 0.233 e. The average molecular weight is 442 g/mol. The van der Waals surface area contributed by atoms with Crippen LogP contribution < -0.4 is 0 Å². The molecule has 0 unspecified atom stereocenters. The zero-order valence-electron chi connectivity index (χ0n) is 19.7. The molecule has 0 radical (unpaired) electrons. The van der Waals surface area contributed by atoms with Gasteiger partial charge in [0.1, 0.15) is 6.61 Å². The smallest absolute Gasteiger partial charge is 0.233 e. The monoisotopic (exact) mass is 441 g/mol. The van der Waals surface area contributed by atoms with E-state index in [0.717, 1.165) is 62.8 Å². The molecule has 0 saturated carbocycles. The predicted octanol–water partition coefficient (Wildman–Crippen LogP) is 2.41. The molecule has 8 heteroatoms. The summed E-state index contributed by atoms with van der Waals surface area (Å²) in [5.41, 5.74) is -0.340. The summed E-state index contributed by atoms with van der Waals surface area (Å²) in [7, 11) is 3.52. The number of rotatable bonds is 2. The summed E-state index contributed by atoms with van der Waals surface area (Å²) in [4.78, 5) is 28.1. The number of likely N-dealkylation sites (tertiary alicyclic amines) is 1. The maximum atomic E-state index is 12.8. The highest BCUT2D eigenvalue weighted by molar-refractivity contribution is 6.42. The van der Waals surface area contributed by atoms with Gasteiger partial charge in [0.05, 0.1) is 0 Å². The van der Waals surface area contributed by atoms with Gasteiger partial charge < -0.3 is 19.3 Å². The van der Waals surface area contributed by atoms with Gasteiger partial charge in [-0.2, -0.15) is 0 Å². The van der Waals surface area contributed by atoms with Crippen LogP contribution >= 0.6 is 0 Å². The van der Waals surface area contributed by atoms with Gasteiger partial charge in [-0.05, 0) is 43.7 Å². The van der Waals surface area contributed by atoms with Crippen LogP contribution in [0.15, 0.2) is 45.9 Å². The van der Waals surface area contributed by atoms with E-state index in [9.17, 15) is 4.79 Å². The lowest BCUT2D eigenvalue weighted by molar-refractivity contribution is -0.131. The molecule has 32 heavy (non-hydrogen) atoms. The van der Waals surface area contributed by atoms with Crippen LogP contribution in [0.3, 0.4) is 0 Å². The summed E-state index contributed by atoms with van der Waals surface area (Å²) in [6.45, 7) is 8.61. The van der Waals surface area contributed by atoms with E-state index in [1.807, 2.05) is 13.8 Å². The van der Waals surface area contributed by atoms with Gasteiger partial charge in [-0.15, -0.1) is 0 Å². The van der Waals surface area contributed by atoms with E-state index in [2.05, 4.69) is 44.2 Å². The topological polar surface area (TPSA) is 70.0 Å². The van der Waals surface area contributed by atoms with Crippen molar-refractivity contribution in [1.29, 1.82) is 0 Å². The van der Waals surface area contributed by atoms with E-state index >= 15 is 0 Å². The van der Waals surface area contributed by atoms with Crippen LogP contribution in [0.4, 0.5) is 0 Å². The van der Waals surface area contributed by atoms with E-state index in [-0.39, 0.29) is 17.4 Å². The van der Waals surface area contributed by atoms with Gasteiger partial charge in [-0.25, -0.2) is 0 Å². The SMILES string of the molecule is CN=C(C(=NC)N1CCC(C)(C)C1=O)N1CCN(C=C[C@H]2COC3=CCCC=C3O2)CC1. The molecule has 3 fully saturated rings. The third-order valence-electron chi connectivity index (χ3n) is 6.54. The predicted molar refractivity (Wildman–Crippen MR) is 125 cm³/mol. The van der Waals surface area contributed by atoms with Crippen molar-refractivity contribution in [1.82, 2.24) is 14.7 Å². The van der Waals surface area contributed by atoms with Crippen LogP contribution in [-0.4, -0.2) is 91.8 Å². The summed E-state index contributed by atoms with van der Waals surface area (Å²) < 4.78 is 11.9. The number of carbonyl (C=O) groups is 1. The fourth-order valence-corrected chi connectivity index (χ4v) is 4.52. The molecular formula is C24H35N5O3. The minimum absolute atomic E-state index is 0.0642. The molecule has 4 aliphatic rings. The Morgan fingerprint density at radius 3 is 2.34 bits per heavy atom. The number of amides is 1. The van der Waals surface area contributed by atoms with Gasteiger partial charge in [-0.1, -0.05) is 13.8 Å². The van der Waals surface area contributed by atoms with Crippen molar-refractivity contribution in [3.63, 3.8) is 0 Å². The fraction of sp³-hybridized carbons (Fsp3) is 0.625. The number of aliphatic imine (C=N–C) groups is 2. The average Bonchev–Trinajstić information content (AvgIpc) is 3.08. The highest BCUT2D eigenvalue weighted by Gasteiger charge is 2.42.